The molecule has 2 aromatic heterocycles. The van der Waals surface area contributed by atoms with Crippen molar-refractivity contribution in [1.82, 2.24) is 24.8 Å². The van der Waals surface area contributed by atoms with E-state index in [0.29, 0.717) is 17.0 Å². The molecule has 2 fully saturated rings. The quantitative estimate of drug-likeness (QED) is 0.268. The van der Waals surface area contributed by atoms with Crippen molar-refractivity contribution in [2.45, 2.75) is 19.0 Å². The molecule has 0 spiro atoms. The number of benzene rings is 2. The first-order valence-electron chi connectivity index (χ1n) is 13.8. The first kappa shape index (κ1) is 28.5. The van der Waals surface area contributed by atoms with Crippen LogP contribution in [0.4, 0.5) is 40.7 Å². The Morgan fingerprint density at radius 1 is 1.05 bits per heavy atom. The average Bonchev–Trinajstić information content (AvgIpc) is 3.82. The third-order valence-electron chi connectivity index (χ3n) is 7.48. The lowest BCUT2D eigenvalue weighted by molar-refractivity contribution is -0.138. The summed E-state index contributed by atoms with van der Waals surface area (Å²) in [5.74, 6) is -0.236. The van der Waals surface area contributed by atoms with E-state index in [9.17, 15) is 22.4 Å². The van der Waals surface area contributed by atoms with Crippen molar-refractivity contribution < 1.29 is 27.1 Å². The summed E-state index contributed by atoms with van der Waals surface area (Å²) in [6, 6.07) is 6.72. The number of rotatable bonds is 8. The lowest BCUT2D eigenvalue weighted by atomic mass is 10.1. The Bertz CT molecular complexity index is 1660. The molecule has 0 atom stereocenters. The van der Waals surface area contributed by atoms with Crippen LogP contribution in [0.15, 0.2) is 48.9 Å². The van der Waals surface area contributed by atoms with Gasteiger partial charge in [0.15, 0.2) is 5.82 Å². The maximum absolute atomic E-state index is 14.9. The molecule has 2 aromatic carbocycles. The lowest BCUT2D eigenvalue weighted by Gasteiger charge is -2.34. The number of hydrogen-bond acceptors (Lipinski definition) is 9. The number of halogens is 4. The summed E-state index contributed by atoms with van der Waals surface area (Å²) in [6.45, 7) is 4.52. The SMILES string of the molecule is COc1ccc(NC(=O)c2ccc(F)c(Nc3ncnc4cnc(N5CCN(CC6CC6)CC5)nc34)c2)cc1C(F)(F)F. The summed E-state index contributed by atoms with van der Waals surface area (Å²) in [5.41, 5.74) is -0.385. The van der Waals surface area contributed by atoms with E-state index in [2.05, 4.69) is 40.4 Å². The highest BCUT2D eigenvalue weighted by molar-refractivity contribution is 6.05. The predicted octanol–water partition coefficient (Wildman–Crippen LogP) is 5.11. The summed E-state index contributed by atoms with van der Waals surface area (Å²) in [7, 11) is 1.13. The topological polar surface area (TPSA) is 108 Å². The van der Waals surface area contributed by atoms with Gasteiger partial charge in [-0.3, -0.25) is 9.69 Å². The van der Waals surface area contributed by atoms with Crippen LogP contribution in [-0.4, -0.2) is 70.6 Å². The van der Waals surface area contributed by atoms with Crippen molar-refractivity contribution in [3.8, 4) is 5.75 Å². The van der Waals surface area contributed by atoms with Crippen LogP contribution in [0.2, 0.25) is 0 Å². The second-order valence-electron chi connectivity index (χ2n) is 10.5. The van der Waals surface area contributed by atoms with E-state index in [4.69, 9.17) is 4.74 Å². The number of amides is 1. The highest BCUT2D eigenvalue weighted by atomic mass is 19.4. The van der Waals surface area contributed by atoms with Crippen LogP contribution >= 0.6 is 0 Å². The number of anilines is 4. The molecule has 0 unspecified atom stereocenters. The number of alkyl halides is 3. The van der Waals surface area contributed by atoms with Crippen molar-refractivity contribution in [1.29, 1.82) is 0 Å². The molecule has 224 valence electrons. The third-order valence-corrected chi connectivity index (χ3v) is 7.48. The zero-order chi connectivity index (χ0) is 30.1. The number of carbonyl (C=O) groups is 1. The zero-order valence-electron chi connectivity index (χ0n) is 23.2. The van der Waals surface area contributed by atoms with E-state index < -0.39 is 23.5 Å². The standard InChI is InChI=1S/C29H28F4N8O2/c1-43-24-7-5-19(13-20(24)29(31,32)33)37-27(42)18-4-6-21(30)22(12-18)38-26-25-23(35-16-36-26)14-34-28(39-25)41-10-8-40(9-11-41)15-17-2-3-17/h4-7,12-14,16-17H,2-3,8-11,15H2,1H3,(H,37,42)(H,35,36,38). The number of methoxy groups -OCH3 is 1. The van der Waals surface area contributed by atoms with Crippen molar-refractivity contribution in [3.05, 3.63) is 65.9 Å². The Morgan fingerprint density at radius 3 is 2.56 bits per heavy atom. The molecule has 1 saturated heterocycles. The summed E-state index contributed by atoms with van der Waals surface area (Å²) in [6.07, 6.45) is 0.812. The Labute approximate surface area is 244 Å². The number of nitrogens with zero attached hydrogens (tertiary/aromatic N) is 6. The molecular weight excluding hydrogens is 568 g/mol. The maximum Gasteiger partial charge on any atom is 0.420 e. The number of hydrogen-bond donors (Lipinski definition) is 2. The number of piperazine rings is 1. The molecule has 1 aliphatic heterocycles. The molecule has 10 nitrogen and oxygen atoms in total. The van der Waals surface area contributed by atoms with Gasteiger partial charge in [0.25, 0.3) is 5.91 Å². The monoisotopic (exact) mass is 596 g/mol. The largest absolute Gasteiger partial charge is 0.496 e. The molecular formula is C29H28F4N8O2. The smallest absolute Gasteiger partial charge is 0.420 e. The minimum absolute atomic E-state index is 0.00558. The van der Waals surface area contributed by atoms with Crippen LogP contribution in [0.25, 0.3) is 11.0 Å². The van der Waals surface area contributed by atoms with Gasteiger partial charge in [-0.15, -0.1) is 0 Å². The van der Waals surface area contributed by atoms with Gasteiger partial charge in [0, 0.05) is 44.0 Å². The maximum atomic E-state index is 14.9. The molecule has 6 rings (SSSR count). The Balaban J connectivity index is 1.21. The number of nitrogens with one attached hydrogen (secondary N) is 2. The van der Waals surface area contributed by atoms with Gasteiger partial charge in [0.2, 0.25) is 5.95 Å². The fourth-order valence-corrected chi connectivity index (χ4v) is 4.99. The van der Waals surface area contributed by atoms with Crippen LogP contribution < -0.4 is 20.3 Å². The van der Waals surface area contributed by atoms with E-state index in [1.54, 1.807) is 6.20 Å². The van der Waals surface area contributed by atoms with Crippen molar-refractivity contribution in [2.75, 3.05) is 55.4 Å². The summed E-state index contributed by atoms with van der Waals surface area (Å²) >= 11 is 0. The number of aromatic nitrogens is 4. The molecule has 4 aromatic rings. The molecule has 1 saturated carbocycles. The minimum Gasteiger partial charge on any atom is -0.496 e. The summed E-state index contributed by atoms with van der Waals surface area (Å²) < 4.78 is 59.9. The normalized spacial score (nSPS) is 15.9. The predicted molar refractivity (Wildman–Crippen MR) is 152 cm³/mol. The van der Waals surface area contributed by atoms with E-state index in [1.165, 1.54) is 37.4 Å². The van der Waals surface area contributed by atoms with Crippen LogP contribution in [0.5, 0.6) is 5.75 Å². The van der Waals surface area contributed by atoms with Crippen LogP contribution in [-0.2, 0) is 6.18 Å². The molecule has 0 radical (unpaired) electrons. The summed E-state index contributed by atoms with van der Waals surface area (Å²) in [5, 5.41) is 5.32. The number of carbonyl (C=O) groups excluding carboxylic acids is 1. The van der Waals surface area contributed by atoms with Crippen molar-refractivity contribution in [2.24, 2.45) is 5.92 Å². The van der Waals surface area contributed by atoms with Gasteiger partial charge in [-0.25, -0.2) is 24.3 Å². The Hall–Kier alpha value is -4.59. The molecule has 1 amide bonds. The van der Waals surface area contributed by atoms with Crippen LogP contribution in [0.1, 0.15) is 28.8 Å². The van der Waals surface area contributed by atoms with Gasteiger partial charge in [0.1, 0.15) is 28.9 Å². The van der Waals surface area contributed by atoms with Crippen molar-refractivity contribution >= 4 is 40.1 Å². The van der Waals surface area contributed by atoms with Gasteiger partial charge in [0.05, 0.1) is 24.6 Å². The van der Waals surface area contributed by atoms with Crippen LogP contribution in [0.3, 0.4) is 0 Å². The second-order valence-corrected chi connectivity index (χ2v) is 10.5. The zero-order valence-corrected chi connectivity index (χ0v) is 23.2. The molecule has 1 aliphatic carbocycles. The Morgan fingerprint density at radius 2 is 1.84 bits per heavy atom. The van der Waals surface area contributed by atoms with E-state index in [-0.39, 0.29) is 28.5 Å². The number of ether oxygens (including phenoxy) is 1. The second kappa shape index (κ2) is 11.6. The van der Waals surface area contributed by atoms with Gasteiger partial charge >= 0.3 is 6.18 Å². The van der Waals surface area contributed by atoms with Gasteiger partial charge in [-0.1, -0.05) is 0 Å². The van der Waals surface area contributed by atoms with E-state index in [1.807, 2.05) is 0 Å². The molecule has 3 heterocycles. The minimum atomic E-state index is -4.69. The van der Waals surface area contributed by atoms with E-state index in [0.717, 1.165) is 64.0 Å². The molecule has 2 N–H and O–H groups in total. The fraction of sp³-hybridized carbons (Fsp3) is 0.345. The lowest BCUT2D eigenvalue weighted by Crippen LogP contribution is -2.47. The Kier molecular flexibility index (Phi) is 7.69. The fourth-order valence-electron chi connectivity index (χ4n) is 4.99. The highest BCUT2D eigenvalue weighted by Gasteiger charge is 2.34. The van der Waals surface area contributed by atoms with Crippen molar-refractivity contribution in [3.63, 3.8) is 0 Å². The first-order chi connectivity index (χ1) is 20.7. The first-order valence-corrected chi connectivity index (χ1v) is 13.8. The van der Waals surface area contributed by atoms with E-state index >= 15 is 0 Å². The van der Waals surface area contributed by atoms with Gasteiger partial charge in [-0.05, 0) is 55.2 Å². The molecule has 0 bridgehead atoms. The average molecular weight is 597 g/mol. The molecule has 14 heteroatoms. The number of fused-ring (bicyclic) bond motifs is 1. The summed E-state index contributed by atoms with van der Waals surface area (Å²) in [4.78, 5) is 35.1. The van der Waals surface area contributed by atoms with Crippen LogP contribution in [0, 0.1) is 11.7 Å². The molecule has 2 aliphatic rings. The van der Waals surface area contributed by atoms with Gasteiger partial charge in [-0.2, -0.15) is 13.2 Å². The van der Waals surface area contributed by atoms with Gasteiger partial charge < -0.3 is 20.3 Å². The highest BCUT2D eigenvalue weighted by Crippen LogP contribution is 2.38. The third kappa shape index (κ3) is 6.43. The molecule has 43 heavy (non-hydrogen) atoms.